The lowest BCUT2D eigenvalue weighted by molar-refractivity contribution is -0.00799. The SMILES string of the molecule is C=CN(c1nc(N)[nH]c(=O)c1N)[C@H]1C[C@H](OC(=O)OC(C)C)[C@@H](C[OH2+])C1=C. The molecule has 0 spiro atoms. The highest BCUT2D eigenvalue weighted by Crippen LogP contribution is 2.38. The Bertz CT molecular complexity index is 790. The second kappa shape index (κ2) is 8.12. The van der Waals surface area contributed by atoms with Crippen molar-refractivity contribution in [3.63, 3.8) is 0 Å². The lowest BCUT2D eigenvalue weighted by Gasteiger charge is -2.28. The number of aromatic nitrogens is 2. The maximum absolute atomic E-state index is 11.9. The minimum atomic E-state index is -0.801. The number of nitrogens with one attached hydrogen (secondary N) is 1. The van der Waals surface area contributed by atoms with E-state index in [1.54, 1.807) is 18.7 Å². The van der Waals surface area contributed by atoms with Crippen LogP contribution >= 0.6 is 0 Å². The summed E-state index contributed by atoms with van der Waals surface area (Å²) >= 11 is 0. The average molecular weight is 380 g/mol. The molecule has 0 bridgehead atoms. The van der Waals surface area contributed by atoms with Crippen LogP contribution in [0.4, 0.5) is 22.2 Å². The van der Waals surface area contributed by atoms with Gasteiger partial charge < -0.3 is 30.9 Å². The zero-order chi connectivity index (χ0) is 20.3. The number of H-pyrrole nitrogens is 1. The van der Waals surface area contributed by atoms with Gasteiger partial charge in [-0.3, -0.25) is 9.78 Å². The standard InChI is InChI=1S/C17H25N5O5/c1-5-22(14-13(18)15(24)21-16(19)20-14)11-6-12(10(7-23)9(11)4)27-17(25)26-8(2)3/h5,8,10-12,23H,1,4,6-7,18H2,2-3H3,(H3,19,20,21,24)/p+1/t10-,11-,12-/m0/s1. The first-order valence-electron chi connectivity index (χ1n) is 8.46. The molecule has 10 heteroatoms. The fourth-order valence-corrected chi connectivity index (χ4v) is 3.10. The van der Waals surface area contributed by atoms with Crippen molar-refractivity contribution in [2.24, 2.45) is 5.92 Å². The molecule has 0 aliphatic heterocycles. The van der Waals surface area contributed by atoms with Crippen LogP contribution in [0.25, 0.3) is 0 Å². The van der Waals surface area contributed by atoms with Crippen LogP contribution in [-0.4, -0.2) is 46.1 Å². The van der Waals surface area contributed by atoms with E-state index in [1.807, 2.05) is 0 Å². The highest BCUT2D eigenvalue weighted by Gasteiger charge is 2.44. The second-order valence-corrected chi connectivity index (χ2v) is 6.49. The van der Waals surface area contributed by atoms with Crippen LogP contribution in [0.3, 0.4) is 0 Å². The molecule has 1 aromatic heterocycles. The van der Waals surface area contributed by atoms with Crippen molar-refractivity contribution in [1.29, 1.82) is 0 Å². The van der Waals surface area contributed by atoms with Gasteiger partial charge in [-0.15, -0.1) is 0 Å². The Morgan fingerprint density at radius 2 is 2.19 bits per heavy atom. The summed E-state index contributed by atoms with van der Waals surface area (Å²) in [5.74, 6) is -0.366. The molecule has 0 aromatic carbocycles. The Labute approximate surface area is 156 Å². The predicted octanol–water partition coefficient (Wildman–Crippen LogP) is 0.484. The van der Waals surface area contributed by atoms with Crippen LogP contribution in [0.2, 0.25) is 0 Å². The van der Waals surface area contributed by atoms with Crippen LogP contribution in [0.5, 0.6) is 0 Å². The molecule has 2 rings (SSSR count). The highest BCUT2D eigenvalue weighted by molar-refractivity contribution is 5.66. The number of ether oxygens (including phenoxy) is 2. The van der Waals surface area contributed by atoms with Gasteiger partial charge in [0, 0.05) is 6.42 Å². The van der Waals surface area contributed by atoms with E-state index >= 15 is 0 Å². The van der Waals surface area contributed by atoms with E-state index in [2.05, 4.69) is 23.1 Å². The molecule has 1 fully saturated rings. The maximum Gasteiger partial charge on any atom is 0.508 e. The van der Waals surface area contributed by atoms with Crippen molar-refractivity contribution >= 4 is 23.6 Å². The van der Waals surface area contributed by atoms with Gasteiger partial charge in [0.1, 0.15) is 11.8 Å². The first kappa shape index (κ1) is 20.3. The molecule has 1 aliphatic carbocycles. The van der Waals surface area contributed by atoms with Crippen LogP contribution < -0.4 is 21.9 Å². The minimum absolute atomic E-state index is 0.0274. The Morgan fingerprint density at radius 1 is 1.52 bits per heavy atom. The van der Waals surface area contributed by atoms with Crippen LogP contribution in [0.15, 0.2) is 29.7 Å². The van der Waals surface area contributed by atoms with E-state index in [0.717, 1.165) is 0 Å². The van der Waals surface area contributed by atoms with Gasteiger partial charge in [0.05, 0.1) is 18.1 Å². The van der Waals surface area contributed by atoms with E-state index in [0.29, 0.717) is 12.0 Å². The highest BCUT2D eigenvalue weighted by atomic mass is 16.7. The number of carbonyl (C=O) groups excluding carboxylic acids is 1. The van der Waals surface area contributed by atoms with Gasteiger partial charge in [-0.2, -0.15) is 4.98 Å². The molecule has 1 heterocycles. The van der Waals surface area contributed by atoms with Crippen molar-refractivity contribution in [1.82, 2.24) is 9.97 Å². The number of rotatable bonds is 6. The third-order valence-electron chi connectivity index (χ3n) is 4.34. The number of nitrogen functional groups attached to an aromatic ring is 2. The first-order chi connectivity index (χ1) is 12.7. The number of aromatic amines is 1. The van der Waals surface area contributed by atoms with Crippen molar-refractivity contribution in [3.05, 3.63) is 35.3 Å². The van der Waals surface area contributed by atoms with Gasteiger partial charge in [0.15, 0.2) is 12.4 Å². The van der Waals surface area contributed by atoms with Crippen molar-refractivity contribution in [2.75, 3.05) is 23.0 Å². The van der Waals surface area contributed by atoms with E-state index in [-0.39, 0.29) is 30.2 Å². The van der Waals surface area contributed by atoms with Crippen molar-refractivity contribution < 1.29 is 19.4 Å². The Balaban J connectivity index is 2.31. The normalized spacial score (nSPS) is 21.9. The number of hydrogen-bond acceptors (Lipinski definition) is 8. The quantitative estimate of drug-likeness (QED) is 0.365. The topological polar surface area (TPSA) is 159 Å². The zero-order valence-electron chi connectivity index (χ0n) is 15.4. The van der Waals surface area contributed by atoms with E-state index in [1.165, 1.54) is 6.20 Å². The summed E-state index contributed by atoms with van der Waals surface area (Å²) in [7, 11) is 0. The molecular weight excluding hydrogens is 354 g/mol. The lowest BCUT2D eigenvalue weighted by Crippen LogP contribution is -2.33. The van der Waals surface area contributed by atoms with E-state index in [9.17, 15) is 9.59 Å². The van der Waals surface area contributed by atoms with Crippen LogP contribution in [0, 0.1) is 5.92 Å². The molecule has 10 nitrogen and oxygen atoms in total. The monoisotopic (exact) mass is 380 g/mol. The molecule has 0 saturated heterocycles. The third kappa shape index (κ3) is 4.22. The average Bonchev–Trinajstić information content (AvgIpc) is 2.87. The minimum Gasteiger partial charge on any atom is -0.445 e. The number of hydrogen-bond donors (Lipinski definition) is 3. The number of carbonyl (C=O) groups is 1. The smallest absolute Gasteiger partial charge is 0.445 e. The summed E-state index contributed by atoms with van der Waals surface area (Å²) in [6.45, 7) is 11.2. The molecule has 0 unspecified atom stereocenters. The van der Waals surface area contributed by atoms with Gasteiger partial charge >= 0.3 is 6.16 Å². The summed E-state index contributed by atoms with van der Waals surface area (Å²) in [6.07, 6.45) is 0.0398. The summed E-state index contributed by atoms with van der Waals surface area (Å²) in [4.78, 5) is 31.8. The van der Waals surface area contributed by atoms with Crippen LogP contribution in [-0.2, 0) is 9.47 Å². The maximum atomic E-state index is 11.9. The van der Waals surface area contributed by atoms with Gasteiger partial charge in [-0.1, -0.05) is 13.2 Å². The summed E-state index contributed by atoms with van der Waals surface area (Å²) in [5.41, 5.74) is 11.4. The number of nitrogens with two attached hydrogens (primary N) is 2. The largest absolute Gasteiger partial charge is 0.508 e. The van der Waals surface area contributed by atoms with Crippen molar-refractivity contribution in [2.45, 2.75) is 38.5 Å². The molecule has 1 saturated carbocycles. The Hall–Kier alpha value is -3.01. The Kier molecular flexibility index (Phi) is 6.11. The zero-order valence-corrected chi connectivity index (χ0v) is 15.4. The fraction of sp³-hybridized carbons (Fsp3) is 0.471. The van der Waals surface area contributed by atoms with Crippen molar-refractivity contribution in [3.8, 4) is 0 Å². The molecular formula is C17H26N5O5+. The molecule has 7 N–H and O–H groups in total. The lowest BCUT2D eigenvalue weighted by atomic mass is 10.0. The number of anilines is 3. The Morgan fingerprint density at radius 3 is 2.74 bits per heavy atom. The molecule has 148 valence electrons. The summed E-state index contributed by atoms with van der Waals surface area (Å²) < 4.78 is 10.4. The van der Waals surface area contributed by atoms with Gasteiger partial charge in [-0.05, 0) is 25.6 Å². The van der Waals surface area contributed by atoms with E-state index in [4.69, 9.17) is 26.0 Å². The second-order valence-electron chi connectivity index (χ2n) is 6.49. The van der Waals surface area contributed by atoms with Gasteiger partial charge in [0.25, 0.3) is 5.56 Å². The predicted molar refractivity (Wildman–Crippen MR) is 102 cm³/mol. The van der Waals surface area contributed by atoms with E-state index < -0.39 is 29.8 Å². The van der Waals surface area contributed by atoms with Gasteiger partial charge in [-0.25, -0.2) is 4.79 Å². The molecule has 1 aromatic rings. The first-order valence-corrected chi connectivity index (χ1v) is 8.46. The molecule has 27 heavy (non-hydrogen) atoms. The molecule has 0 radical (unpaired) electrons. The summed E-state index contributed by atoms with van der Waals surface area (Å²) in [6, 6.07) is -0.425. The fourth-order valence-electron chi connectivity index (χ4n) is 3.10. The summed E-state index contributed by atoms with van der Waals surface area (Å²) in [5, 5.41) is 7.80. The molecule has 0 amide bonds. The molecule has 1 aliphatic rings. The molecule has 3 atom stereocenters. The van der Waals surface area contributed by atoms with Gasteiger partial charge in [0.2, 0.25) is 5.95 Å². The third-order valence-corrected chi connectivity index (χ3v) is 4.34. The number of nitrogens with zero attached hydrogens (tertiary/aromatic N) is 2. The van der Waals surface area contributed by atoms with Crippen LogP contribution in [0.1, 0.15) is 20.3 Å².